The largest absolute Gasteiger partial charge is 0.344 e. The lowest BCUT2D eigenvalue weighted by molar-refractivity contribution is 0.0941. The monoisotopic (exact) mass is 357 g/mol. The average molecular weight is 357 g/mol. The summed E-state index contributed by atoms with van der Waals surface area (Å²) in [7, 11) is 0. The summed E-state index contributed by atoms with van der Waals surface area (Å²) in [5.41, 5.74) is 4.39. The molecule has 6 heteroatoms. The van der Waals surface area contributed by atoms with E-state index in [4.69, 9.17) is 0 Å². The van der Waals surface area contributed by atoms with E-state index in [9.17, 15) is 10.1 Å². The molecule has 3 heterocycles. The maximum Gasteiger partial charge on any atom is 0.169 e. The second kappa shape index (κ2) is 6.76. The first-order valence-corrected chi connectivity index (χ1v) is 9.04. The summed E-state index contributed by atoms with van der Waals surface area (Å²) in [6, 6.07) is 5.93. The standard InChI is InChI=1S/C21H19N5O/c1-12(2)20(27)16-10-24-21-19(16)26-18(11-25-21)14-5-6-23-17(8-14)15(9-22)7-13-3-4-13/h5-8,10-13H,3-4H2,1-2H3,(H,24,25)/b15-7-. The summed E-state index contributed by atoms with van der Waals surface area (Å²) in [6.07, 6.45) is 9.26. The van der Waals surface area contributed by atoms with E-state index >= 15 is 0 Å². The van der Waals surface area contributed by atoms with Gasteiger partial charge >= 0.3 is 0 Å². The Bertz CT molecular complexity index is 1100. The normalized spacial score (nSPS) is 14.5. The van der Waals surface area contributed by atoms with Gasteiger partial charge in [0.15, 0.2) is 11.4 Å². The number of hydrogen-bond donors (Lipinski definition) is 1. The maximum atomic E-state index is 12.4. The Labute approximate surface area is 157 Å². The minimum atomic E-state index is -0.118. The van der Waals surface area contributed by atoms with Crippen molar-refractivity contribution in [2.24, 2.45) is 11.8 Å². The number of nitrogens with zero attached hydrogens (tertiary/aromatic N) is 4. The third-order valence-corrected chi connectivity index (χ3v) is 4.65. The van der Waals surface area contributed by atoms with Crippen molar-refractivity contribution in [2.45, 2.75) is 26.7 Å². The van der Waals surface area contributed by atoms with Crippen LogP contribution in [-0.4, -0.2) is 25.7 Å². The van der Waals surface area contributed by atoms with Crippen LogP contribution in [0.5, 0.6) is 0 Å². The van der Waals surface area contributed by atoms with Crippen LogP contribution in [0.4, 0.5) is 0 Å². The van der Waals surface area contributed by atoms with Gasteiger partial charge in [0.05, 0.1) is 28.7 Å². The zero-order valence-corrected chi connectivity index (χ0v) is 15.2. The molecule has 0 aliphatic heterocycles. The highest BCUT2D eigenvalue weighted by Crippen LogP contribution is 2.33. The van der Waals surface area contributed by atoms with E-state index in [0.29, 0.717) is 39.6 Å². The summed E-state index contributed by atoms with van der Waals surface area (Å²) < 4.78 is 0. The predicted molar refractivity (Wildman–Crippen MR) is 103 cm³/mol. The van der Waals surface area contributed by atoms with Gasteiger partial charge in [-0.3, -0.25) is 9.78 Å². The number of pyridine rings is 1. The van der Waals surface area contributed by atoms with Crippen molar-refractivity contribution in [2.75, 3.05) is 0 Å². The SMILES string of the molecule is CC(C)C(=O)c1c[nH]c2ncc(-c3ccnc(/C(C#N)=C\C4CC4)c3)nc12. The number of rotatable bonds is 5. The highest BCUT2D eigenvalue weighted by Gasteiger charge is 2.21. The third kappa shape index (κ3) is 3.36. The van der Waals surface area contributed by atoms with Crippen LogP contribution in [0.2, 0.25) is 0 Å². The molecule has 1 aliphatic carbocycles. The minimum Gasteiger partial charge on any atom is -0.344 e. The van der Waals surface area contributed by atoms with E-state index in [0.717, 1.165) is 18.4 Å². The topological polar surface area (TPSA) is 95.3 Å². The van der Waals surface area contributed by atoms with Crippen LogP contribution in [0.1, 0.15) is 42.7 Å². The molecule has 0 bridgehead atoms. The van der Waals surface area contributed by atoms with Crippen LogP contribution >= 0.6 is 0 Å². The smallest absolute Gasteiger partial charge is 0.169 e. The lowest BCUT2D eigenvalue weighted by Gasteiger charge is -2.05. The lowest BCUT2D eigenvalue weighted by atomic mass is 10.0. The Kier molecular flexibility index (Phi) is 4.28. The molecule has 0 radical (unpaired) electrons. The molecule has 4 rings (SSSR count). The lowest BCUT2D eigenvalue weighted by Crippen LogP contribution is -2.07. The van der Waals surface area contributed by atoms with Crippen molar-refractivity contribution in [1.29, 1.82) is 5.26 Å². The molecule has 0 amide bonds. The van der Waals surface area contributed by atoms with E-state index in [1.807, 2.05) is 32.1 Å². The first-order valence-electron chi connectivity index (χ1n) is 9.04. The van der Waals surface area contributed by atoms with Gasteiger partial charge in [-0.2, -0.15) is 5.26 Å². The molecule has 3 aromatic heterocycles. The van der Waals surface area contributed by atoms with E-state index in [1.165, 1.54) is 0 Å². The summed E-state index contributed by atoms with van der Waals surface area (Å²) >= 11 is 0. The number of fused-ring (bicyclic) bond motifs is 1. The Morgan fingerprint density at radius 1 is 1.37 bits per heavy atom. The number of nitriles is 1. The van der Waals surface area contributed by atoms with Gasteiger partial charge in [-0.1, -0.05) is 19.9 Å². The number of ketones is 1. The average Bonchev–Trinajstić information content (AvgIpc) is 3.41. The first-order chi connectivity index (χ1) is 13.1. The number of hydrogen-bond acceptors (Lipinski definition) is 5. The Hall–Kier alpha value is -3.33. The minimum absolute atomic E-state index is 0.0299. The molecule has 1 fully saturated rings. The van der Waals surface area contributed by atoms with Crippen LogP contribution in [0.15, 0.2) is 36.8 Å². The van der Waals surface area contributed by atoms with Crippen molar-refractivity contribution in [1.82, 2.24) is 19.9 Å². The molecule has 0 atom stereocenters. The Balaban J connectivity index is 1.76. The van der Waals surface area contributed by atoms with Gasteiger partial charge in [0.2, 0.25) is 0 Å². The van der Waals surface area contributed by atoms with Crippen molar-refractivity contribution in [3.05, 3.63) is 48.1 Å². The molecule has 3 aromatic rings. The summed E-state index contributed by atoms with van der Waals surface area (Å²) in [5.74, 6) is 0.403. The molecule has 6 nitrogen and oxygen atoms in total. The van der Waals surface area contributed by atoms with E-state index in [2.05, 4.69) is 26.0 Å². The third-order valence-electron chi connectivity index (χ3n) is 4.65. The van der Waals surface area contributed by atoms with Crippen molar-refractivity contribution < 1.29 is 4.79 Å². The molecule has 0 spiro atoms. The number of aromatic amines is 1. The van der Waals surface area contributed by atoms with Gasteiger partial charge in [-0.15, -0.1) is 0 Å². The molecule has 1 saturated carbocycles. The molecule has 1 aliphatic rings. The number of carbonyl (C=O) groups is 1. The first kappa shape index (κ1) is 17.1. The van der Waals surface area contributed by atoms with Crippen LogP contribution in [0, 0.1) is 23.2 Å². The highest BCUT2D eigenvalue weighted by molar-refractivity contribution is 6.06. The zero-order valence-electron chi connectivity index (χ0n) is 15.2. The number of aromatic nitrogens is 4. The van der Waals surface area contributed by atoms with Crippen molar-refractivity contribution >= 4 is 22.5 Å². The van der Waals surface area contributed by atoms with Crippen LogP contribution in [0.25, 0.3) is 28.0 Å². The van der Waals surface area contributed by atoms with Crippen LogP contribution < -0.4 is 0 Å². The Morgan fingerprint density at radius 2 is 2.19 bits per heavy atom. The van der Waals surface area contributed by atoms with Gasteiger partial charge < -0.3 is 4.98 Å². The van der Waals surface area contributed by atoms with Crippen LogP contribution in [-0.2, 0) is 0 Å². The van der Waals surface area contributed by atoms with Crippen molar-refractivity contribution in [3.63, 3.8) is 0 Å². The molecular weight excluding hydrogens is 338 g/mol. The fourth-order valence-corrected chi connectivity index (χ4v) is 2.94. The van der Waals surface area contributed by atoms with Gasteiger partial charge in [0, 0.05) is 23.9 Å². The van der Waals surface area contributed by atoms with E-state index < -0.39 is 0 Å². The van der Waals surface area contributed by atoms with Gasteiger partial charge in [0.25, 0.3) is 0 Å². The number of H-pyrrole nitrogens is 1. The van der Waals surface area contributed by atoms with E-state index in [-0.39, 0.29) is 11.7 Å². The molecule has 0 aromatic carbocycles. The summed E-state index contributed by atoms with van der Waals surface area (Å²) in [4.78, 5) is 28.8. The highest BCUT2D eigenvalue weighted by atomic mass is 16.1. The second-order valence-corrected chi connectivity index (χ2v) is 7.13. The number of carbonyl (C=O) groups excluding carboxylic acids is 1. The van der Waals surface area contributed by atoms with Crippen LogP contribution in [0.3, 0.4) is 0 Å². The fraction of sp³-hybridized carbons (Fsp3) is 0.286. The molecule has 1 N–H and O–H groups in total. The summed E-state index contributed by atoms with van der Waals surface area (Å²) in [5, 5.41) is 9.45. The quantitative estimate of drug-likeness (QED) is 0.546. The second-order valence-electron chi connectivity index (χ2n) is 7.13. The Morgan fingerprint density at radius 3 is 2.89 bits per heavy atom. The molecule has 0 saturated heterocycles. The molecule has 0 unspecified atom stereocenters. The fourth-order valence-electron chi connectivity index (χ4n) is 2.94. The zero-order chi connectivity index (χ0) is 19.0. The van der Waals surface area contributed by atoms with Gasteiger partial charge in [0.1, 0.15) is 11.6 Å². The van der Waals surface area contributed by atoms with Gasteiger partial charge in [-0.25, -0.2) is 9.97 Å². The van der Waals surface area contributed by atoms with Gasteiger partial charge in [-0.05, 0) is 30.9 Å². The molecular formula is C21H19N5O. The molecule has 134 valence electrons. The summed E-state index contributed by atoms with van der Waals surface area (Å²) in [6.45, 7) is 3.73. The van der Waals surface area contributed by atoms with Crippen molar-refractivity contribution in [3.8, 4) is 17.3 Å². The maximum absolute atomic E-state index is 12.4. The number of allylic oxidation sites excluding steroid dienone is 2. The number of nitrogens with one attached hydrogen (secondary N) is 1. The number of Topliss-reactive ketones (excluding diaryl/α,β-unsaturated/α-hetero) is 1. The predicted octanol–water partition coefficient (Wildman–Crippen LogP) is 4.18. The van der Waals surface area contributed by atoms with E-state index in [1.54, 1.807) is 18.6 Å². The molecule has 27 heavy (non-hydrogen) atoms.